The van der Waals surface area contributed by atoms with Crippen LogP contribution in [0.2, 0.25) is 0 Å². The summed E-state index contributed by atoms with van der Waals surface area (Å²) in [6.07, 6.45) is 0.997. The summed E-state index contributed by atoms with van der Waals surface area (Å²) in [6.45, 7) is 7.74. The number of fused-ring (bicyclic) bond motifs is 1. The minimum absolute atomic E-state index is 0.228. The number of halogens is 1. The maximum Gasteiger partial charge on any atom is 0.127 e. The fourth-order valence-electron chi connectivity index (χ4n) is 2.49. The van der Waals surface area contributed by atoms with Gasteiger partial charge in [0.1, 0.15) is 5.75 Å². The maximum atomic E-state index is 5.78. The second kappa shape index (κ2) is 6.87. The van der Waals surface area contributed by atoms with Crippen molar-refractivity contribution in [3.05, 3.63) is 27.7 Å². The summed E-state index contributed by atoms with van der Waals surface area (Å²) >= 11 is 8.66. The van der Waals surface area contributed by atoms with Crippen LogP contribution in [0.5, 0.6) is 5.75 Å². The van der Waals surface area contributed by atoms with E-state index in [1.54, 1.807) is 0 Å². The lowest BCUT2D eigenvalue weighted by Crippen LogP contribution is -2.33. The van der Waals surface area contributed by atoms with Crippen LogP contribution in [0.25, 0.3) is 0 Å². The molecule has 1 aliphatic rings. The van der Waals surface area contributed by atoms with Crippen LogP contribution in [0.15, 0.2) is 16.6 Å². The molecular weight excluding hydrogens is 336 g/mol. The summed E-state index contributed by atoms with van der Waals surface area (Å²) in [7, 11) is 0. The molecule has 0 saturated carbocycles. The van der Waals surface area contributed by atoms with Crippen LogP contribution in [0.4, 0.5) is 0 Å². The van der Waals surface area contributed by atoms with Crippen molar-refractivity contribution in [1.82, 2.24) is 4.90 Å². The van der Waals surface area contributed by atoms with Gasteiger partial charge in [0.2, 0.25) is 0 Å². The van der Waals surface area contributed by atoms with Gasteiger partial charge in [0, 0.05) is 35.5 Å². The second-order valence-corrected chi connectivity index (χ2v) is 6.67. The third-order valence-electron chi connectivity index (χ3n) is 3.68. The summed E-state index contributed by atoms with van der Waals surface area (Å²) in [5, 5.41) is 0. The highest BCUT2D eigenvalue weighted by Crippen LogP contribution is 2.33. The zero-order chi connectivity index (χ0) is 14.7. The third kappa shape index (κ3) is 3.71. The Labute approximate surface area is 134 Å². The van der Waals surface area contributed by atoms with Crippen molar-refractivity contribution in [2.45, 2.75) is 26.8 Å². The molecule has 1 atom stereocenters. The van der Waals surface area contributed by atoms with Crippen LogP contribution in [0, 0.1) is 5.92 Å². The Bertz CT molecular complexity index is 507. The highest BCUT2D eigenvalue weighted by molar-refractivity contribution is 9.10. The minimum Gasteiger partial charge on any atom is -0.493 e. The Balaban J connectivity index is 2.14. The standard InChI is InChI=1S/C15H21BrN2OS/c1-3-18(8-10(2)15(17)20)9-12-7-13(16)6-11-4-5-19-14(11)12/h6-7,10H,3-5,8-9H2,1-2H3,(H2,17,20). The van der Waals surface area contributed by atoms with E-state index in [2.05, 4.69) is 46.8 Å². The van der Waals surface area contributed by atoms with E-state index in [0.29, 0.717) is 4.99 Å². The highest BCUT2D eigenvalue weighted by Gasteiger charge is 2.20. The lowest BCUT2D eigenvalue weighted by atomic mass is 10.1. The molecule has 1 aromatic carbocycles. The van der Waals surface area contributed by atoms with E-state index < -0.39 is 0 Å². The molecule has 0 radical (unpaired) electrons. The number of benzene rings is 1. The lowest BCUT2D eigenvalue weighted by Gasteiger charge is -2.24. The van der Waals surface area contributed by atoms with Crippen LogP contribution >= 0.6 is 28.1 Å². The first-order valence-electron chi connectivity index (χ1n) is 6.97. The van der Waals surface area contributed by atoms with Crippen molar-refractivity contribution in [1.29, 1.82) is 0 Å². The minimum atomic E-state index is 0.228. The van der Waals surface area contributed by atoms with Gasteiger partial charge < -0.3 is 10.5 Å². The van der Waals surface area contributed by atoms with Crippen LogP contribution in [-0.2, 0) is 13.0 Å². The summed E-state index contributed by atoms with van der Waals surface area (Å²) in [6, 6.07) is 4.30. The first kappa shape index (κ1) is 15.7. The number of thiocarbonyl (C=S) groups is 1. The van der Waals surface area contributed by atoms with Crippen molar-refractivity contribution in [3.8, 4) is 5.75 Å². The Morgan fingerprint density at radius 2 is 2.30 bits per heavy atom. The molecule has 2 rings (SSSR count). The van der Waals surface area contributed by atoms with Gasteiger partial charge in [-0.2, -0.15) is 0 Å². The molecule has 0 fully saturated rings. The molecule has 1 aliphatic heterocycles. The number of hydrogen-bond donors (Lipinski definition) is 1. The summed E-state index contributed by atoms with van der Waals surface area (Å²) in [5.41, 5.74) is 8.26. The van der Waals surface area contributed by atoms with E-state index in [1.165, 1.54) is 11.1 Å². The molecule has 0 aliphatic carbocycles. The molecular formula is C15H21BrN2OS. The molecule has 0 saturated heterocycles. The molecule has 0 amide bonds. The average Bonchev–Trinajstić information content (AvgIpc) is 2.85. The maximum absolute atomic E-state index is 5.78. The van der Waals surface area contributed by atoms with Gasteiger partial charge in [0.05, 0.1) is 11.6 Å². The van der Waals surface area contributed by atoms with Gasteiger partial charge >= 0.3 is 0 Å². The van der Waals surface area contributed by atoms with Crippen LogP contribution < -0.4 is 10.5 Å². The van der Waals surface area contributed by atoms with Crippen LogP contribution in [0.3, 0.4) is 0 Å². The van der Waals surface area contributed by atoms with E-state index >= 15 is 0 Å². The molecule has 1 aromatic rings. The molecule has 0 aromatic heterocycles. The Kier molecular flexibility index (Phi) is 5.41. The fraction of sp³-hybridized carbons (Fsp3) is 0.533. The summed E-state index contributed by atoms with van der Waals surface area (Å²) < 4.78 is 6.90. The van der Waals surface area contributed by atoms with E-state index in [9.17, 15) is 0 Å². The number of nitrogens with zero attached hydrogens (tertiary/aromatic N) is 1. The molecule has 0 bridgehead atoms. The Morgan fingerprint density at radius 3 is 2.95 bits per heavy atom. The molecule has 0 spiro atoms. The van der Waals surface area contributed by atoms with Gasteiger partial charge in [-0.15, -0.1) is 0 Å². The Morgan fingerprint density at radius 1 is 1.55 bits per heavy atom. The van der Waals surface area contributed by atoms with Gasteiger partial charge in [-0.3, -0.25) is 4.90 Å². The number of rotatable bonds is 6. The van der Waals surface area contributed by atoms with Crippen molar-refractivity contribution >= 4 is 33.1 Å². The number of nitrogens with two attached hydrogens (primary N) is 1. The molecule has 1 heterocycles. The normalized spacial score (nSPS) is 15.0. The zero-order valence-electron chi connectivity index (χ0n) is 12.0. The highest BCUT2D eigenvalue weighted by atomic mass is 79.9. The fourth-order valence-corrected chi connectivity index (χ4v) is 3.11. The number of hydrogen-bond acceptors (Lipinski definition) is 3. The summed E-state index contributed by atoms with van der Waals surface area (Å²) in [4.78, 5) is 2.94. The number of ether oxygens (including phenoxy) is 1. The van der Waals surface area contributed by atoms with Gasteiger partial charge in [-0.25, -0.2) is 0 Å². The van der Waals surface area contributed by atoms with Gasteiger partial charge in [0.25, 0.3) is 0 Å². The topological polar surface area (TPSA) is 38.5 Å². The predicted octanol–water partition coefficient (Wildman–Crippen LogP) is 3.13. The molecule has 110 valence electrons. The molecule has 2 N–H and O–H groups in total. The van der Waals surface area contributed by atoms with E-state index in [4.69, 9.17) is 22.7 Å². The first-order valence-corrected chi connectivity index (χ1v) is 8.17. The smallest absolute Gasteiger partial charge is 0.127 e. The van der Waals surface area contributed by atoms with Crippen molar-refractivity contribution < 1.29 is 4.74 Å². The first-order chi connectivity index (χ1) is 9.51. The predicted molar refractivity (Wildman–Crippen MR) is 90.2 cm³/mol. The van der Waals surface area contributed by atoms with Crippen molar-refractivity contribution in [3.63, 3.8) is 0 Å². The monoisotopic (exact) mass is 356 g/mol. The quantitative estimate of drug-likeness (QED) is 0.794. The second-order valence-electron chi connectivity index (χ2n) is 5.28. The third-order valence-corrected chi connectivity index (χ3v) is 4.54. The van der Waals surface area contributed by atoms with E-state index in [-0.39, 0.29) is 5.92 Å². The SMILES string of the molecule is CCN(Cc1cc(Br)cc2c1OCC2)CC(C)C(N)=S. The van der Waals surface area contributed by atoms with Crippen molar-refractivity contribution in [2.24, 2.45) is 11.7 Å². The largest absolute Gasteiger partial charge is 0.493 e. The van der Waals surface area contributed by atoms with Crippen LogP contribution in [0.1, 0.15) is 25.0 Å². The van der Waals surface area contributed by atoms with Gasteiger partial charge in [-0.1, -0.05) is 42.0 Å². The van der Waals surface area contributed by atoms with Crippen LogP contribution in [-0.4, -0.2) is 29.6 Å². The molecule has 20 heavy (non-hydrogen) atoms. The van der Waals surface area contributed by atoms with Gasteiger partial charge in [0.15, 0.2) is 0 Å². The van der Waals surface area contributed by atoms with E-state index in [0.717, 1.165) is 42.9 Å². The van der Waals surface area contributed by atoms with E-state index in [1.807, 2.05) is 0 Å². The molecule has 3 nitrogen and oxygen atoms in total. The van der Waals surface area contributed by atoms with Gasteiger partial charge in [-0.05, 0) is 24.2 Å². The molecule has 1 unspecified atom stereocenters. The Hall–Kier alpha value is -0.650. The summed E-state index contributed by atoms with van der Waals surface area (Å²) in [5.74, 6) is 1.29. The zero-order valence-corrected chi connectivity index (χ0v) is 14.4. The van der Waals surface area contributed by atoms with Crippen molar-refractivity contribution in [2.75, 3.05) is 19.7 Å². The average molecular weight is 357 g/mol. The lowest BCUT2D eigenvalue weighted by molar-refractivity contribution is 0.258. The molecule has 5 heteroatoms.